The van der Waals surface area contributed by atoms with Crippen molar-refractivity contribution in [2.45, 2.75) is 36.9 Å². The lowest BCUT2D eigenvalue weighted by Gasteiger charge is -2.42. The van der Waals surface area contributed by atoms with Crippen LogP contribution < -0.4 is 0 Å². The summed E-state index contributed by atoms with van der Waals surface area (Å²) in [5.74, 6) is -0.621. The molecule has 2 aliphatic rings. The van der Waals surface area contributed by atoms with Gasteiger partial charge in [-0.25, -0.2) is 8.42 Å². The molecule has 0 aromatic heterocycles. The standard InChI is InChI=1S/C15H19Cl2NO4S/c1-11-9-14(13(17)10-12(11)16)23(19,20)18-5-3-15(4-6-18)21-7-2-8-22-15/h9-10H,2-8H2,1H3. The molecule has 0 N–H and O–H groups in total. The zero-order valence-corrected chi connectivity index (χ0v) is 15.2. The van der Waals surface area contributed by atoms with Gasteiger partial charge in [-0.1, -0.05) is 23.2 Å². The highest BCUT2D eigenvalue weighted by atomic mass is 35.5. The van der Waals surface area contributed by atoms with Gasteiger partial charge in [0.1, 0.15) is 4.90 Å². The number of sulfonamides is 1. The van der Waals surface area contributed by atoms with Gasteiger partial charge in [0.15, 0.2) is 5.79 Å². The van der Waals surface area contributed by atoms with Gasteiger partial charge < -0.3 is 9.47 Å². The van der Waals surface area contributed by atoms with Crippen LogP contribution in [-0.4, -0.2) is 44.8 Å². The van der Waals surface area contributed by atoms with E-state index in [-0.39, 0.29) is 9.92 Å². The summed E-state index contributed by atoms with van der Waals surface area (Å²) >= 11 is 12.1. The first-order valence-corrected chi connectivity index (χ1v) is 9.77. The molecule has 0 radical (unpaired) electrons. The summed E-state index contributed by atoms with van der Waals surface area (Å²) < 4.78 is 38.6. The van der Waals surface area contributed by atoms with Crippen LogP contribution in [0.2, 0.25) is 10.0 Å². The maximum Gasteiger partial charge on any atom is 0.244 e. The normalized spacial score (nSPS) is 22.4. The topological polar surface area (TPSA) is 55.8 Å². The maximum atomic E-state index is 12.9. The minimum atomic E-state index is -3.66. The minimum absolute atomic E-state index is 0.0995. The lowest BCUT2D eigenvalue weighted by molar-refractivity contribution is -0.280. The van der Waals surface area contributed by atoms with Gasteiger partial charge in [-0.05, 0) is 31.0 Å². The molecule has 1 aromatic rings. The Morgan fingerprint density at radius 1 is 1.09 bits per heavy atom. The van der Waals surface area contributed by atoms with Crippen LogP contribution >= 0.6 is 23.2 Å². The fraction of sp³-hybridized carbons (Fsp3) is 0.600. The predicted octanol–water partition coefficient (Wildman–Crippen LogP) is 3.22. The number of ether oxygens (including phenoxy) is 2. The number of piperidine rings is 1. The number of benzene rings is 1. The van der Waals surface area contributed by atoms with E-state index >= 15 is 0 Å². The molecule has 0 aliphatic carbocycles. The van der Waals surface area contributed by atoms with Crippen molar-refractivity contribution < 1.29 is 17.9 Å². The predicted molar refractivity (Wildman–Crippen MR) is 88.4 cm³/mol. The van der Waals surface area contributed by atoms with E-state index in [2.05, 4.69) is 0 Å². The second kappa shape index (κ2) is 6.50. The summed E-state index contributed by atoms with van der Waals surface area (Å²) in [6.45, 7) is 3.77. The molecule has 3 rings (SSSR count). The Morgan fingerprint density at radius 3 is 2.30 bits per heavy atom. The molecular weight excluding hydrogens is 361 g/mol. The van der Waals surface area contributed by atoms with Gasteiger partial charge >= 0.3 is 0 Å². The lowest BCUT2D eigenvalue weighted by atomic mass is 10.0. The second-order valence-electron chi connectivity index (χ2n) is 5.90. The van der Waals surface area contributed by atoms with Crippen LogP contribution in [-0.2, 0) is 19.5 Å². The molecule has 128 valence electrons. The largest absolute Gasteiger partial charge is 0.350 e. The Bertz CT molecular complexity index is 692. The van der Waals surface area contributed by atoms with Crippen molar-refractivity contribution in [3.8, 4) is 0 Å². The molecule has 0 amide bonds. The van der Waals surface area contributed by atoms with Crippen molar-refractivity contribution in [2.24, 2.45) is 0 Å². The van der Waals surface area contributed by atoms with Gasteiger partial charge in [-0.2, -0.15) is 4.31 Å². The maximum absolute atomic E-state index is 12.9. The molecule has 2 fully saturated rings. The van der Waals surface area contributed by atoms with Gasteiger partial charge in [0, 0.05) is 31.0 Å². The Kier molecular flexibility index (Phi) is 4.93. The van der Waals surface area contributed by atoms with Crippen LogP contribution in [0.25, 0.3) is 0 Å². The molecule has 5 nitrogen and oxygen atoms in total. The molecule has 23 heavy (non-hydrogen) atoms. The van der Waals surface area contributed by atoms with E-state index in [1.54, 1.807) is 6.92 Å². The summed E-state index contributed by atoms with van der Waals surface area (Å²) in [6.07, 6.45) is 1.93. The van der Waals surface area contributed by atoms with Crippen molar-refractivity contribution >= 4 is 33.2 Å². The first kappa shape index (κ1) is 17.5. The number of aryl methyl sites for hydroxylation is 1. The van der Waals surface area contributed by atoms with Crippen molar-refractivity contribution in [3.63, 3.8) is 0 Å². The van der Waals surface area contributed by atoms with E-state index in [4.69, 9.17) is 32.7 Å². The first-order valence-electron chi connectivity index (χ1n) is 7.58. The van der Waals surface area contributed by atoms with E-state index in [0.717, 1.165) is 6.42 Å². The number of hydrogen-bond acceptors (Lipinski definition) is 4. The minimum Gasteiger partial charge on any atom is -0.350 e. The van der Waals surface area contributed by atoms with Gasteiger partial charge in [0.2, 0.25) is 10.0 Å². The number of hydrogen-bond donors (Lipinski definition) is 0. The Hall–Kier alpha value is -0.370. The van der Waals surface area contributed by atoms with Crippen LogP contribution in [0.15, 0.2) is 17.0 Å². The van der Waals surface area contributed by atoms with Crippen LogP contribution in [0.1, 0.15) is 24.8 Å². The third kappa shape index (κ3) is 3.38. The fourth-order valence-electron chi connectivity index (χ4n) is 2.94. The molecule has 0 bridgehead atoms. The first-order chi connectivity index (χ1) is 10.8. The van der Waals surface area contributed by atoms with E-state index in [1.165, 1.54) is 16.4 Å². The van der Waals surface area contributed by atoms with Crippen LogP contribution in [0.4, 0.5) is 0 Å². The summed E-state index contributed by atoms with van der Waals surface area (Å²) in [7, 11) is -3.66. The zero-order chi connectivity index (χ0) is 16.7. The van der Waals surface area contributed by atoms with Gasteiger partial charge in [-0.15, -0.1) is 0 Å². The molecule has 0 saturated carbocycles. The molecule has 1 spiro atoms. The lowest BCUT2D eigenvalue weighted by Crippen LogP contribution is -2.51. The van der Waals surface area contributed by atoms with E-state index in [1.807, 2.05) is 0 Å². The third-order valence-corrected chi connectivity index (χ3v) is 7.10. The van der Waals surface area contributed by atoms with Gasteiger partial charge in [0.25, 0.3) is 0 Å². The van der Waals surface area contributed by atoms with Crippen molar-refractivity contribution in [3.05, 3.63) is 27.7 Å². The van der Waals surface area contributed by atoms with E-state index < -0.39 is 15.8 Å². The quantitative estimate of drug-likeness (QED) is 0.791. The van der Waals surface area contributed by atoms with Crippen LogP contribution in [0, 0.1) is 6.92 Å². The SMILES string of the molecule is Cc1cc(S(=O)(=O)N2CCC3(CC2)OCCCO3)c(Cl)cc1Cl. The molecule has 0 unspecified atom stereocenters. The number of halogens is 2. The Balaban J connectivity index is 1.80. The number of rotatable bonds is 2. The molecule has 0 atom stereocenters. The Labute approximate surface area is 146 Å². The fourth-order valence-corrected chi connectivity index (χ4v) is 5.19. The average Bonchev–Trinajstić information content (AvgIpc) is 2.52. The monoisotopic (exact) mass is 379 g/mol. The smallest absolute Gasteiger partial charge is 0.244 e. The van der Waals surface area contributed by atoms with Crippen molar-refractivity contribution in [2.75, 3.05) is 26.3 Å². The average molecular weight is 380 g/mol. The third-order valence-electron chi connectivity index (χ3n) is 4.33. The van der Waals surface area contributed by atoms with Crippen molar-refractivity contribution in [1.82, 2.24) is 4.31 Å². The molecule has 8 heteroatoms. The summed E-state index contributed by atoms with van der Waals surface area (Å²) in [4.78, 5) is 0.0995. The number of nitrogens with zero attached hydrogens (tertiary/aromatic N) is 1. The summed E-state index contributed by atoms with van der Waals surface area (Å²) in [5.41, 5.74) is 0.682. The molecule has 1 aromatic carbocycles. The van der Waals surface area contributed by atoms with Crippen molar-refractivity contribution in [1.29, 1.82) is 0 Å². The Morgan fingerprint density at radius 2 is 1.70 bits per heavy atom. The molecule has 2 saturated heterocycles. The highest BCUT2D eigenvalue weighted by molar-refractivity contribution is 7.89. The molecular formula is C15H19Cl2NO4S. The summed E-state index contributed by atoms with van der Waals surface area (Å²) in [5, 5.41) is 0.599. The molecule has 2 aliphatic heterocycles. The van der Waals surface area contributed by atoms with Gasteiger partial charge in [0.05, 0.1) is 18.2 Å². The van der Waals surface area contributed by atoms with E-state index in [0.29, 0.717) is 49.7 Å². The second-order valence-corrected chi connectivity index (χ2v) is 8.62. The molecule has 2 heterocycles. The highest BCUT2D eigenvalue weighted by Crippen LogP contribution is 2.35. The highest BCUT2D eigenvalue weighted by Gasteiger charge is 2.41. The zero-order valence-electron chi connectivity index (χ0n) is 12.8. The van der Waals surface area contributed by atoms with Crippen LogP contribution in [0.3, 0.4) is 0 Å². The summed E-state index contributed by atoms with van der Waals surface area (Å²) in [6, 6.07) is 3.00. The van der Waals surface area contributed by atoms with Crippen LogP contribution in [0.5, 0.6) is 0 Å². The van der Waals surface area contributed by atoms with Gasteiger partial charge in [-0.3, -0.25) is 0 Å². The van der Waals surface area contributed by atoms with E-state index in [9.17, 15) is 8.42 Å².